The highest BCUT2D eigenvalue weighted by molar-refractivity contribution is 5.78. The molecule has 2 heterocycles. The first-order valence-electron chi connectivity index (χ1n) is 9.68. The summed E-state index contributed by atoms with van der Waals surface area (Å²) in [6.45, 7) is 4.42. The highest BCUT2D eigenvalue weighted by Crippen LogP contribution is 2.42. The van der Waals surface area contributed by atoms with Crippen LogP contribution in [0.1, 0.15) is 57.4 Å². The van der Waals surface area contributed by atoms with Gasteiger partial charge < -0.3 is 14.3 Å². The first kappa shape index (κ1) is 18.4. The summed E-state index contributed by atoms with van der Waals surface area (Å²) in [7, 11) is 2.39. The Morgan fingerprint density at radius 1 is 1.20 bits per heavy atom. The number of carbonyl (C=O) groups excluding carboxylic acids is 1. The van der Waals surface area contributed by atoms with Crippen LogP contribution in [0.4, 0.5) is 0 Å². The van der Waals surface area contributed by atoms with Crippen LogP contribution in [0.15, 0.2) is 30.3 Å². The van der Waals surface area contributed by atoms with Crippen LogP contribution in [0.3, 0.4) is 0 Å². The van der Waals surface area contributed by atoms with Gasteiger partial charge >= 0.3 is 5.97 Å². The molecule has 4 nitrogen and oxygen atoms in total. The second-order valence-electron chi connectivity index (χ2n) is 8.23. The molecule has 138 valence electrons. The summed E-state index contributed by atoms with van der Waals surface area (Å²) in [5.41, 5.74) is 0.828. The number of carbonyl (C=O) groups is 1. The summed E-state index contributed by atoms with van der Waals surface area (Å²) in [4.78, 5) is 12.7. The molecule has 0 aromatic heterocycles. The smallest absolute Gasteiger partial charge is 0.316 e. The summed E-state index contributed by atoms with van der Waals surface area (Å²) in [5, 5.41) is 9.69. The molecule has 1 aromatic carbocycles. The van der Waals surface area contributed by atoms with Gasteiger partial charge in [-0.25, -0.2) is 0 Å². The summed E-state index contributed by atoms with van der Waals surface area (Å²) in [6, 6.07) is 11.2. The number of esters is 1. The van der Waals surface area contributed by atoms with Crippen LogP contribution in [-0.2, 0) is 9.53 Å². The predicted octanol–water partition coefficient (Wildman–Crippen LogP) is 3.24. The van der Waals surface area contributed by atoms with Crippen molar-refractivity contribution in [2.75, 3.05) is 13.7 Å². The molecular formula is C21H32NO3+. The van der Waals surface area contributed by atoms with E-state index < -0.39 is 5.92 Å². The molecule has 3 atom stereocenters. The van der Waals surface area contributed by atoms with Crippen LogP contribution in [0, 0.1) is 0 Å². The van der Waals surface area contributed by atoms with Crippen molar-refractivity contribution in [1.29, 1.82) is 0 Å². The van der Waals surface area contributed by atoms with E-state index in [1.807, 2.05) is 30.3 Å². The molecule has 2 fully saturated rings. The van der Waals surface area contributed by atoms with Gasteiger partial charge in [0.05, 0.1) is 31.8 Å². The Morgan fingerprint density at radius 2 is 1.80 bits per heavy atom. The Bertz CT molecular complexity index is 572. The summed E-state index contributed by atoms with van der Waals surface area (Å²) in [5.74, 6) is -0.855. The second kappa shape index (κ2) is 7.46. The van der Waals surface area contributed by atoms with E-state index in [-0.39, 0.29) is 18.7 Å². The molecule has 2 aliphatic heterocycles. The molecule has 0 radical (unpaired) electrons. The summed E-state index contributed by atoms with van der Waals surface area (Å²) >= 11 is 0. The fraction of sp³-hybridized carbons (Fsp3) is 0.667. The third-order valence-corrected chi connectivity index (χ3v) is 6.78. The van der Waals surface area contributed by atoms with Crippen LogP contribution in [0.5, 0.6) is 0 Å². The third-order valence-electron chi connectivity index (χ3n) is 6.78. The maximum absolute atomic E-state index is 12.7. The van der Waals surface area contributed by atoms with Gasteiger partial charge in [0.2, 0.25) is 0 Å². The van der Waals surface area contributed by atoms with E-state index >= 15 is 0 Å². The van der Waals surface area contributed by atoms with Gasteiger partial charge in [0.25, 0.3) is 0 Å². The minimum Gasteiger partial charge on any atom is -0.461 e. The monoisotopic (exact) mass is 346 g/mol. The number of benzene rings is 1. The van der Waals surface area contributed by atoms with E-state index in [1.165, 1.54) is 19.3 Å². The lowest BCUT2D eigenvalue weighted by Crippen LogP contribution is -2.68. The number of piperidine rings is 2. The number of fused-ring (bicyclic) bond motifs is 2. The average Bonchev–Trinajstić information content (AvgIpc) is 2.57. The SMILES string of the molecule is CC(C)[N@+]1(C)C2CCCC1C[C@H](OC(=O)C(CO)c1ccccc1)C2. The molecule has 2 aliphatic rings. The minimum absolute atomic E-state index is 0.00878. The topological polar surface area (TPSA) is 46.5 Å². The van der Waals surface area contributed by atoms with Gasteiger partial charge in [-0.05, 0) is 38.7 Å². The Labute approximate surface area is 151 Å². The van der Waals surface area contributed by atoms with Crippen molar-refractivity contribution >= 4 is 5.97 Å². The standard InChI is InChI=1S/C21H32NO3/c1-15(2)22(3)17-10-7-11-18(22)13-19(12-17)25-21(24)20(14-23)16-8-5-4-6-9-16/h4-6,8-9,15,17-20,23H,7,10-14H2,1-3H3/q+1/t17?,18?,19-,20?,22-. The number of ether oxygens (including phenoxy) is 1. The Hall–Kier alpha value is -1.39. The minimum atomic E-state index is -0.575. The normalized spacial score (nSPS) is 33.1. The Kier molecular flexibility index (Phi) is 5.49. The molecule has 1 aromatic rings. The lowest BCUT2D eigenvalue weighted by molar-refractivity contribution is -0.985. The number of hydrogen-bond donors (Lipinski definition) is 1. The molecule has 0 aliphatic carbocycles. The van der Waals surface area contributed by atoms with E-state index in [2.05, 4.69) is 20.9 Å². The van der Waals surface area contributed by atoms with Crippen LogP contribution in [-0.4, -0.2) is 53.4 Å². The fourth-order valence-corrected chi connectivity index (χ4v) is 5.02. The van der Waals surface area contributed by atoms with Gasteiger partial charge in [0.15, 0.2) is 0 Å². The van der Waals surface area contributed by atoms with E-state index in [4.69, 9.17) is 4.74 Å². The number of aliphatic hydroxyl groups is 1. The Morgan fingerprint density at radius 3 is 2.32 bits per heavy atom. The molecule has 25 heavy (non-hydrogen) atoms. The molecule has 2 bridgehead atoms. The molecule has 4 heteroatoms. The molecule has 0 spiro atoms. The lowest BCUT2D eigenvalue weighted by atomic mass is 9.79. The second-order valence-corrected chi connectivity index (χ2v) is 8.23. The predicted molar refractivity (Wildman–Crippen MR) is 98.1 cm³/mol. The summed E-state index contributed by atoms with van der Waals surface area (Å²) < 4.78 is 7.02. The van der Waals surface area contributed by atoms with Gasteiger partial charge in [-0.3, -0.25) is 4.79 Å². The number of quaternary nitrogens is 1. The van der Waals surface area contributed by atoms with Crippen molar-refractivity contribution in [2.45, 2.75) is 76.1 Å². The zero-order valence-electron chi connectivity index (χ0n) is 15.7. The van der Waals surface area contributed by atoms with Gasteiger partial charge in [0, 0.05) is 12.8 Å². The number of rotatable bonds is 5. The first-order valence-corrected chi connectivity index (χ1v) is 9.68. The van der Waals surface area contributed by atoms with E-state index in [9.17, 15) is 9.90 Å². The largest absolute Gasteiger partial charge is 0.461 e. The fourth-order valence-electron chi connectivity index (χ4n) is 5.02. The van der Waals surface area contributed by atoms with Gasteiger partial charge in [0.1, 0.15) is 12.0 Å². The maximum atomic E-state index is 12.7. The van der Waals surface area contributed by atoms with Crippen molar-refractivity contribution < 1.29 is 19.1 Å². The van der Waals surface area contributed by atoms with E-state index in [0.29, 0.717) is 18.1 Å². The lowest BCUT2D eigenvalue weighted by Gasteiger charge is -2.57. The van der Waals surface area contributed by atoms with Crippen molar-refractivity contribution in [3.05, 3.63) is 35.9 Å². The highest BCUT2D eigenvalue weighted by atomic mass is 16.5. The van der Waals surface area contributed by atoms with Crippen LogP contribution in [0.25, 0.3) is 0 Å². The van der Waals surface area contributed by atoms with Crippen molar-refractivity contribution in [3.63, 3.8) is 0 Å². The van der Waals surface area contributed by atoms with Crippen molar-refractivity contribution in [2.24, 2.45) is 0 Å². The molecule has 2 saturated heterocycles. The third kappa shape index (κ3) is 3.47. The van der Waals surface area contributed by atoms with E-state index in [0.717, 1.165) is 22.9 Å². The van der Waals surface area contributed by atoms with Crippen LogP contribution >= 0.6 is 0 Å². The quantitative estimate of drug-likeness (QED) is 0.658. The molecule has 0 saturated carbocycles. The van der Waals surface area contributed by atoms with Gasteiger partial charge in [-0.15, -0.1) is 0 Å². The number of aliphatic hydroxyl groups excluding tert-OH is 1. The van der Waals surface area contributed by atoms with E-state index in [1.54, 1.807) is 0 Å². The average molecular weight is 346 g/mol. The Balaban J connectivity index is 1.69. The van der Waals surface area contributed by atoms with Crippen LogP contribution in [0.2, 0.25) is 0 Å². The number of nitrogens with zero attached hydrogens (tertiary/aromatic N) is 1. The van der Waals surface area contributed by atoms with Crippen molar-refractivity contribution in [1.82, 2.24) is 0 Å². The molecule has 1 N–H and O–H groups in total. The zero-order valence-corrected chi connectivity index (χ0v) is 15.7. The number of hydrogen-bond acceptors (Lipinski definition) is 3. The van der Waals surface area contributed by atoms with Gasteiger partial charge in [-0.2, -0.15) is 0 Å². The first-order chi connectivity index (χ1) is 12.0. The zero-order chi connectivity index (χ0) is 18.0. The highest BCUT2D eigenvalue weighted by Gasteiger charge is 2.51. The summed E-state index contributed by atoms with van der Waals surface area (Å²) in [6.07, 6.45) is 5.63. The van der Waals surface area contributed by atoms with Crippen LogP contribution < -0.4 is 0 Å². The molecular weight excluding hydrogens is 314 g/mol. The molecule has 3 unspecified atom stereocenters. The van der Waals surface area contributed by atoms with Crippen molar-refractivity contribution in [3.8, 4) is 0 Å². The molecule has 3 rings (SSSR count). The molecule has 0 amide bonds. The van der Waals surface area contributed by atoms with Gasteiger partial charge in [-0.1, -0.05) is 30.3 Å². The maximum Gasteiger partial charge on any atom is 0.316 e.